The zero-order chi connectivity index (χ0) is 13.8. The molecule has 1 N–H and O–H groups in total. The summed E-state index contributed by atoms with van der Waals surface area (Å²) in [5.41, 5.74) is 2.38. The number of carbonyl (C=O) groups is 1. The molecule has 1 aromatic carbocycles. The summed E-state index contributed by atoms with van der Waals surface area (Å²) in [5.74, 6) is -0.137. The van der Waals surface area contributed by atoms with E-state index in [1.54, 1.807) is 0 Å². The Morgan fingerprint density at radius 3 is 2.28 bits per heavy atom. The Bertz CT molecular complexity index is 390. The highest BCUT2D eigenvalue weighted by molar-refractivity contribution is 5.67. The molecule has 2 nitrogen and oxygen atoms in total. The van der Waals surface area contributed by atoms with Gasteiger partial charge in [-0.15, -0.1) is 0 Å². The normalized spacial score (nSPS) is 13.3. The predicted molar refractivity (Wildman–Crippen MR) is 74.9 cm³/mol. The van der Waals surface area contributed by atoms with Crippen LogP contribution in [0.1, 0.15) is 57.6 Å². The van der Waals surface area contributed by atoms with Crippen LogP contribution in [0.15, 0.2) is 24.3 Å². The molecule has 0 spiro atoms. The van der Waals surface area contributed by atoms with Gasteiger partial charge in [-0.1, -0.05) is 52.0 Å². The Hall–Kier alpha value is -1.31. The third-order valence-corrected chi connectivity index (χ3v) is 3.47. The van der Waals surface area contributed by atoms with Gasteiger partial charge in [-0.3, -0.25) is 4.79 Å². The van der Waals surface area contributed by atoms with E-state index in [-0.39, 0.29) is 11.8 Å². The molecule has 1 unspecified atom stereocenters. The lowest BCUT2D eigenvalue weighted by Crippen LogP contribution is -2.19. The summed E-state index contributed by atoms with van der Waals surface area (Å²) in [6.45, 7) is 8.42. The molecule has 1 rings (SSSR count). The second-order valence-electron chi connectivity index (χ2n) is 5.96. The standard InChI is InChI=1S/C16H24O2/c1-5-12(2)14-8-6-13(7-9-14)10-16(3,4)11-15(17)18/h6-9,12H,5,10-11H2,1-4H3,(H,17,18). The summed E-state index contributed by atoms with van der Waals surface area (Å²) < 4.78 is 0. The zero-order valence-corrected chi connectivity index (χ0v) is 11.9. The molecule has 0 aliphatic rings. The Balaban J connectivity index is 2.71. The van der Waals surface area contributed by atoms with Crippen molar-refractivity contribution in [1.82, 2.24) is 0 Å². The van der Waals surface area contributed by atoms with E-state index in [4.69, 9.17) is 5.11 Å². The van der Waals surface area contributed by atoms with Crippen molar-refractivity contribution in [3.63, 3.8) is 0 Å². The number of rotatable bonds is 6. The van der Waals surface area contributed by atoms with E-state index >= 15 is 0 Å². The van der Waals surface area contributed by atoms with Crippen LogP contribution >= 0.6 is 0 Å². The van der Waals surface area contributed by atoms with Gasteiger partial charge in [0.1, 0.15) is 0 Å². The van der Waals surface area contributed by atoms with Crippen LogP contribution in [0.4, 0.5) is 0 Å². The topological polar surface area (TPSA) is 37.3 Å². The van der Waals surface area contributed by atoms with Gasteiger partial charge in [0.15, 0.2) is 0 Å². The van der Waals surface area contributed by atoms with Crippen LogP contribution in [0.25, 0.3) is 0 Å². The van der Waals surface area contributed by atoms with Gasteiger partial charge < -0.3 is 5.11 Å². The highest BCUT2D eigenvalue weighted by Gasteiger charge is 2.22. The van der Waals surface area contributed by atoms with Gasteiger partial charge >= 0.3 is 5.97 Å². The fourth-order valence-electron chi connectivity index (χ4n) is 2.22. The molecule has 0 aromatic heterocycles. The van der Waals surface area contributed by atoms with Crippen molar-refractivity contribution in [1.29, 1.82) is 0 Å². The van der Waals surface area contributed by atoms with Gasteiger partial charge in [0.25, 0.3) is 0 Å². The van der Waals surface area contributed by atoms with E-state index in [1.165, 1.54) is 11.1 Å². The highest BCUT2D eigenvalue weighted by Crippen LogP contribution is 2.27. The van der Waals surface area contributed by atoms with E-state index < -0.39 is 5.97 Å². The second kappa shape index (κ2) is 6.03. The first-order valence-corrected chi connectivity index (χ1v) is 6.64. The Morgan fingerprint density at radius 1 is 1.28 bits per heavy atom. The molecule has 1 aromatic rings. The number of carboxylic acid groups (broad SMARTS) is 1. The summed E-state index contributed by atoms with van der Waals surface area (Å²) in [6.07, 6.45) is 2.16. The lowest BCUT2D eigenvalue weighted by atomic mass is 9.82. The fourth-order valence-corrected chi connectivity index (χ4v) is 2.22. The number of benzene rings is 1. The van der Waals surface area contributed by atoms with E-state index in [0.29, 0.717) is 5.92 Å². The minimum atomic E-state index is -0.726. The minimum absolute atomic E-state index is 0.191. The van der Waals surface area contributed by atoms with Gasteiger partial charge in [0, 0.05) is 0 Å². The third kappa shape index (κ3) is 4.52. The van der Waals surface area contributed by atoms with Crippen molar-refractivity contribution in [3.8, 4) is 0 Å². The van der Waals surface area contributed by atoms with Crippen LogP contribution < -0.4 is 0 Å². The van der Waals surface area contributed by atoms with Crippen LogP contribution in [0.5, 0.6) is 0 Å². The molecule has 0 heterocycles. The lowest BCUT2D eigenvalue weighted by Gasteiger charge is -2.22. The van der Waals surface area contributed by atoms with Gasteiger partial charge in [0.05, 0.1) is 6.42 Å². The predicted octanol–water partition coefficient (Wildman–Crippen LogP) is 4.24. The van der Waals surface area contributed by atoms with Crippen LogP contribution in [-0.2, 0) is 11.2 Å². The summed E-state index contributed by atoms with van der Waals surface area (Å²) >= 11 is 0. The zero-order valence-electron chi connectivity index (χ0n) is 11.9. The van der Waals surface area contributed by atoms with Crippen LogP contribution in [0.3, 0.4) is 0 Å². The van der Waals surface area contributed by atoms with E-state index in [1.807, 2.05) is 13.8 Å². The molecule has 1 atom stereocenters. The monoisotopic (exact) mass is 248 g/mol. The molecule has 0 radical (unpaired) electrons. The minimum Gasteiger partial charge on any atom is -0.481 e. The molecule has 2 heteroatoms. The Labute approximate surface area is 110 Å². The van der Waals surface area contributed by atoms with Crippen molar-refractivity contribution in [2.45, 2.75) is 52.9 Å². The van der Waals surface area contributed by atoms with Crippen molar-refractivity contribution < 1.29 is 9.90 Å². The van der Waals surface area contributed by atoms with Gasteiger partial charge in [-0.05, 0) is 35.3 Å². The van der Waals surface area contributed by atoms with Crippen molar-refractivity contribution in [2.75, 3.05) is 0 Å². The number of hydrogen-bond acceptors (Lipinski definition) is 1. The van der Waals surface area contributed by atoms with E-state index in [0.717, 1.165) is 12.8 Å². The number of hydrogen-bond donors (Lipinski definition) is 1. The SMILES string of the molecule is CCC(C)c1ccc(CC(C)(C)CC(=O)O)cc1. The largest absolute Gasteiger partial charge is 0.481 e. The summed E-state index contributed by atoms with van der Waals surface area (Å²) in [4.78, 5) is 10.8. The molecule has 0 amide bonds. The molecule has 0 aliphatic carbocycles. The molecule has 100 valence electrons. The van der Waals surface area contributed by atoms with Crippen molar-refractivity contribution >= 4 is 5.97 Å². The molecular formula is C16H24O2. The van der Waals surface area contributed by atoms with E-state index in [2.05, 4.69) is 38.1 Å². The maximum absolute atomic E-state index is 10.8. The third-order valence-electron chi connectivity index (χ3n) is 3.47. The molecule has 0 saturated heterocycles. The van der Waals surface area contributed by atoms with Crippen molar-refractivity contribution in [2.24, 2.45) is 5.41 Å². The Morgan fingerprint density at radius 2 is 1.83 bits per heavy atom. The van der Waals surface area contributed by atoms with Crippen LogP contribution in [0, 0.1) is 5.41 Å². The smallest absolute Gasteiger partial charge is 0.303 e. The second-order valence-corrected chi connectivity index (χ2v) is 5.96. The average Bonchev–Trinajstić information content (AvgIpc) is 2.26. The highest BCUT2D eigenvalue weighted by atomic mass is 16.4. The van der Waals surface area contributed by atoms with Gasteiger partial charge in [0.2, 0.25) is 0 Å². The summed E-state index contributed by atoms with van der Waals surface area (Å²) in [6, 6.07) is 8.59. The molecule has 0 fully saturated rings. The molecule has 18 heavy (non-hydrogen) atoms. The quantitative estimate of drug-likeness (QED) is 0.817. The Kier molecular flexibility index (Phi) is 4.94. The van der Waals surface area contributed by atoms with Gasteiger partial charge in [-0.25, -0.2) is 0 Å². The summed E-state index contributed by atoms with van der Waals surface area (Å²) in [5, 5.41) is 8.88. The first-order chi connectivity index (χ1) is 8.34. The van der Waals surface area contributed by atoms with E-state index in [9.17, 15) is 4.79 Å². The molecular weight excluding hydrogens is 224 g/mol. The summed E-state index contributed by atoms with van der Waals surface area (Å²) in [7, 11) is 0. The molecule has 0 bridgehead atoms. The first-order valence-electron chi connectivity index (χ1n) is 6.64. The first kappa shape index (κ1) is 14.7. The van der Waals surface area contributed by atoms with Gasteiger partial charge in [-0.2, -0.15) is 0 Å². The van der Waals surface area contributed by atoms with Crippen LogP contribution in [-0.4, -0.2) is 11.1 Å². The maximum Gasteiger partial charge on any atom is 0.303 e. The fraction of sp³-hybridized carbons (Fsp3) is 0.562. The molecule has 0 aliphatic heterocycles. The molecule has 0 saturated carbocycles. The van der Waals surface area contributed by atoms with Crippen LogP contribution in [0.2, 0.25) is 0 Å². The lowest BCUT2D eigenvalue weighted by molar-refractivity contribution is -0.139. The maximum atomic E-state index is 10.8. The average molecular weight is 248 g/mol. The number of carboxylic acids is 1. The number of aliphatic carboxylic acids is 1. The van der Waals surface area contributed by atoms with Crippen molar-refractivity contribution in [3.05, 3.63) is 35.4 Å².